The molecule has 1 aliphatic rings. The highest BCUT2D eigenvalue weighted by Gasteiger charge is 2.30. The Morgan fingerprint density at radius 1 is 1.21 bits per heavy atom. The first-order chi connectivity index (χ1) is 16.5. The molecule has 1 saturated heterocycles. The number of methoxy groups -OCH3 is 1. The van der Waals surface area contributed by atoms with Crippen molar-refractivity contribution in [2.45, 2.75) is 19.8 Å². The van der Waals surface area contributed by atoms with Crippen molar-refractivity contribution < 1.29 is 19.1 Å². The molecule has 0 spiro atoms. The number of likely N-dealkylation sites (tertiary alicyclic amines) is 1. The number of rotatable bonds is 8. The molecule has 1 aromatic carbocycles. The van der Waals surface area contributed by atoms with E-state index in [4.69, 9.17) is 9.47 Å². The molecule has 178 valence electrons. The Hall–Kier alpha value is -3.46. The topological polar surface area (TPSA) is 93.7 Å². The number of carbonyl (C=O) groups is 2. The van der Waals surface area contributed by atoms with Crippen LogP contribution in [0.1, 0.15) is 28.2 Å². The molecular formula is C25H28N4O4S. The van der Waals surface area contributed by atoms with E-state index in [9.17, 15) is 9.59 Å². The number of benzene rings is 1. The number of ether oxygens (including phenoxy) is 2. The van der Waals surface area contributed by atoms with Gasteiger partial charge in [0.1, 0.15) is 28.0 Å². The zero-order chi connectivity index (χ0) is 23.9. The minimum absolute atomic E-state index is 0.0482. The molecule has 0 bridgehead atoms. The zero-order valence-corrected chi connectivity index (χ0v) is 20.1. The van der Waals surface area contributed by atoms with Crippen LogP contribution in [-0.2, 0) is 4.79 Å². The number of carbonyl (C=O) groups excluding carboxylic acids is 2. The lowest BCUT2D eigenvalue weighted by atomic mass is 9.97. The second-order valence-corrected chi connectivity index (χ2v) is 9.08. The Morgan fingerprint density at radius 2 is 2.00 bits per heavy atom. The van der Waals surface area contributed by atoms with Crippen LogP contribution >= 0.6 is 11.3 Å². The maximum Gasteiger partial charge on any atom is 0.265 e. The summed E-state index contributed by atoms with van der Waals surface area (Å²) in [5.74, 6) is 1.14. The lowest BCUT2D eigenvalue weighted by molar-refractivity contribution is -0.126. The van der Waals surface area contributed by atoms with Gasteiger partial charge < -0.3 is 19.7 Å². The molecular weight excluding hydrogens is 452 g/mol. The molecule has 0 aliphatic carbocycles. The number of thiazole rings is 1. The first-order valence-corrected chi connectivity index (χ1v) is 12.1. The van der Waals surface area contributed by atoms with Crippen LogP contribution in [0.5, 0.6) is 11.5 Å². The summed E-state index contributed by atoms with van der Waals surface area (Å²) >= 11 is 1.37. The summed E-state index contributed by atoms with van der Waals surface area (Å²) in [6.45, 7) is 3.66. The molecule has 1 atom stereocenters. The van der Waals surface area contributed by atoms with E-state index in [0.29, 0.717) is 36.8 Å². The van der Waals surface area contributed by atoms with Gasteiger partial charge in [-0.3, -0.25) is 14.6 Å². The molecule has 2 amide bonds. The van der Waals surface area contributed by atoms with E-state index in [2.05, 4.69) is 15.3 Å². The number of hydrogen-bond acceptors (Lipinski definition) is 7. The number of aryl methyl sites for hydroxylation is 1. The van der Waals surface area contributed by atoms with Gasteiger partial charge in [0.05, 0.1) is 25.3 Å². The van der Waals surface area contributed by atoms with Gasteiger partial charge in [-0.05, 0) is 56.2 Å². The quantitative estimate of drug-likeness (QED) is 0.496. The number of pyridine rings is 1. The van der Waals surface area contributed by atoms with Crippen LogP contribution in [0.3, 0.4) is 0 Å². The molecule has 1 unspecified atom stereocenters. The Balaban J connectivity index is 1.29. The van der Waals surface area contributed by atoms with Gasteiger partial charge in [0.25, 0.3) is 5.91 Å². The van der Waals surface area contributed by atoms with Gasteiger partial charge in [0.15, 0.2) is 0 Å². The van der Waals surface area contributed by atoms with Gasteiger partial charge in [-0.25, -0.2) is 4.98 Å². The fourth-order valence-corrected chi connectivity index (χ4v) is 4.91. The van der Waals surface area contributed by atoms with Gasteiger partial charge in [-0.2, -0.15) is 0 Å². The predicted octanol–water partition coefficient (Wildman–Crippen LogP) is 3.57. The molecule has 1 fully saturated rings. The van der Waals surface area contributed by atoms with E-state index in [1.54, 1.807) is 24.4 Å². The van der Waals surface area contributed by atoms with Crippen LogP contribution in [0.4, 0.5) is 0 Å². The van der Waals surface area contributed by atoms with E-state index in [1.165, 1.54) is 11.3 Å². The molecule has 34 heavy (non-hydrogen) atoms. The number of piperidine rings is 1. The average molecular weight is 481 g/mol. The fraction of sp³-hybridized carbons (Fsp3) is 0.360. The monoisotopic (exact) mass is 480 g/mol. The van der Waals surface area contributed by atoms with Crippen LogP contribution in [0.25, 0.3) is 10.6 Å². The Kier molecular flexibility index (Phi) is 7.74. The standard InChI is InChI=1S/C25H28N4O4S/c1-17-22(34-24(28-17)18-5-3-11-26-15-18)25(31)29-13-4-6-19(16-29)23(30)27-12-14-33-21-9-7-20(32-2)8-10-21/h3,5,7-11,15,19H,4,6,12-14,16H2,1-2H3,(H,27,30). The van der Waals surface area contributed by atoms with Crippen molar-refractivity contribution in [1.82, 2.24) is 20.2 Å². The summed E-state index contributed by atoms with van der Waals surface area (Å²) in [4.78, 5) is 37.0. The van der Waals surface area contributed by atoms with Gasteiger partial charge in [-0.15, -0.1) is 11.3 Å². The second kappa shape index (κ2) is 11.1. The maximum absolute atomic E-state index is 13.2. The Morgan fingerprint density at radius 3 is 2.74 bits per heavy atom. The summed E-state index contributed by atoms with van der Waals surface area (Å²) in [5, 5.41) is 3.71. The van der Waals surface area contributed by atoms with E-state index in [0.717, 1.165) is 34.9 Å². The first-order valence-electron chi connectivity index (χ1n) is 11.3. The number of nitrogens with zero attached hydrogens (tertiary/aromatic N) is 3. The van der Waals surface area contributed by atoms with Crippen molar-refractivity contribution >= 4 is 23.2 Å². The van der Waals surface area contributed by atoms with Crippen molar-refractivity contribution in [3.05, 3.63) is 59.4 Å². The van der Waals surface area contributed by atoms with Crippen LogP contribution in [0, 0.1) is 12.8 Å². The van der Waals surface area contributed by atoms with Gasteiger partial charge in [0.2, 0.25) is 5.91 Å². The number of nitrogens with one attached hydrogen (secondary N) is 1. The Bertz CT molecular complexity index is 1120. The van der Waals surface area contributed by atoms with Crippen molar-refractivity contribution in [2.24, 2.45) is 5.92 Å². The molecule has 9 heteroatoms. The van der Waals surface area contributed by atoms with E-state index >= 15 is 0 Å². The van der Waals surface area contributed by atoms with Crippen molar-refractivity contribution in [1.29, 1.82) is 0 Å². The third-order valence-corrected chi connectivity index (χ3v) is 6.90. The predicted molar refractivity (Wildman–Crippen MR) is 130 cm³/mol. The van der Waals surface area contributed by atoms with Crippen LogP contribution < -0.4 is 14.8 Å². The van der Waals surface area contributed by atoms with Crippen LogP contribution in [0.15, 0.2) is 48.8 Å². The summed E-state index contributed by atoms with van der Waals surface area (Å²) in [6, 6.07) is 11.1. The highest BCUT2D eigenvalue weighted by Crippen LogP contribution is 2.29. The summed E-state index contributed by atoms with van der Waals surface area (Å²) < 4.78 is 10.8. The highest BCUT2D eigenvalue weighted by molar-refractivity contribution is 7.17. The molecule has 2 aromatic heterocycles. The number of aromatic nitrogens is 2. The number of amides is 2. The third kappa shape index (κ3) is 5.72. The molecule has 8 nitrogen and oxygen atoms in total. The fourth-order valence-electron chi connectivity index (χ4n) is 3.89. The zero-order valence-electron chi connectivity index (χ0n) is 19.3. The minimum Gasteiger partial charge on any atom is -0.497 e. The molecule has 3 heterocycles. The lowest BCUT2D eigenvalue weighted by Crippen LogP contribution is -2.46. The van der Waals surface area contributed by atoms with Gasteiger partial charge in [-0.1, -0.05) is 0 Å². The second-order valence-electron chi connectivity index (χ2n) is 8.08. The van der Waals surface area contributed by atoms with Crippen molar-refractivity contribution in [2.75, 3.05) is 33.4 Å². The molecule has 1 N–H and O–H groups in total. The molecule has 1 aliphatic heterocycles. The van der Waals surface area contributed by atoms with E-state index < -0.39 is 0 Å². The van der Waals surface area contributed by atoms with E-state index in [1.807, 2.05) is 43.3 Å². The van der Waals surface area contributed by atoms with E-state index in [-0.39, 0.29) is 17.7 Å². The summed E-state index contributed by atoms with van der Waals surface area (Å²) in [7, 11) is 1.61. The Labute approximate surface area is 202 Å². The van der Waals surface area contributed by atoms with Crippen molar-refractivity contribution in [3.63, 3.8) is 0 Å². The van der Waals surface area contributed by atoms with Gasteiger partial charge in [0, 0.05) is 31.0 Å². The van der Waals surface area contributed by atoms with Crippen molar-refractivity contribution in [3.8, 4) is 22.1 Å². The molecule has 0 radical (unpaired) electrons. The SMILES string of the molecule is COc1ccc(OCCNC(=O)C2CCCN(C(=O)c3sc(-c4cccnc4)nc3C)C2)cc1. The first kappa shape index (κ1) is 23.7. The summed E-state index contributed by atoms with van der Waals surface area (Å²) in [5.41, 5.74) is 1.60. The highest BCUT2D eigenvalue weighted by atomic mass is 32.1. The molecule has 0 saturated carbocycles. The minimum atomic E-state index is -0.232. The van der Waals surface area contributed by atoms with Crippen LogP contribution in [0.2, 0.25) is 0 Å². The number of hydrogen-bond donors (Lipinski definition) is 1. The summed E-state index contributed by atoms with van der Waals surface area (Å²) in [6.07, 6.45) is 5.00. The smallest absolute Gasteiger partial charge is 0.265 e. The van der Waals surface area contributed by atoms with Gasteiger partial charge >= 0.3 is 0 Å². The van der Waals surface area contributed by atoms with Crippen LogP contribution in [-0.4, -0.2) is 60.0 Å². The third-order valence-electron chi connectivity index (χ3n) is 5.71. The average Bonchev–Trinajstić information content (AvgIpc) is 3.28. The molecule has 4 rings (SSSR count). The maximum atomic E-state index is 13.2. The lowest BCUT2D eigenvalue weighted by Gasteiger charge is -2.31. The normalized spacial score (nSPS) is 15.6. The largest absolute Gasteiger partial charge is 0.497 e. The molecule has 3 aromatic rings.